The molecule has 0 saturated heterocycles. The number of amides is 1. The summed E-state index contributed by atoms with van der Waals surface area (Å²) in [7, 11) is 1.58. The molecule has 0 atom stereocenters. The van der Waals surface area contributed by atoms with Crippen molar-refractivity contribution in [1.29, 1.82) is 0 Å². The van der Waals surface area contributed by atoms with Gasteiger partial charge in [-0.05, 0) is 48.9 Å². The standard InChI is InChI=1S/C24H22N4O3/c1-3-5-21(29)27-18-7-4-6-17(14-18)20-12-13-25-24-22(26-15-28(20)24)23(30)16-8-10-19(31-2)11-9-16/h4,6-15H,3,5H2,1-2H3,(H,27,29). The van der Waals surface area contributed by atoms with Gasteiger partial charge in [-0.2, -0.15) is 0 Å². The predicted molar refractivity (Wildman–Crippen MR) is 118 cm³/mol. The van der Waals surface area contributed by atoms with E-state index in [4.69, 9.17) is 4.74 Å². The fraction of sp³-hybridized carbons (Fsp3) is 0.167. The van der Waals surface area contributed by atoms with E-state index in [-0.39, 0.29) is 17.4 Å². The molecule has 2 aromatic heterocycles. The Morgan fingerprint density at radius 1 is 1.06 bits per heavy atom. The molecule has 4 rings (SSSR count). The first-order chi connectivity index (χ1) is 15.1. The van der Waals surface area contributed by atoms with Gasteiger partial charge in [0.25, 0.3) is 0 Å². The normalized spacial score (nSPS) is 10.8. The summed E-state index contributed by atoms with van der Waals surface area (Å²) in [5.41, 5.74) is 3.67. The number of nitrogens with one attached hydrogen (secondary N) is 1. The zero-order chi connectivity index (χ0) is 21.8. The van der Waals surface area contributed by atoms with Crippen molar-refractivity contribution in [1.82, 2.24) is 14.4 Å². The van der Waals surface area contributed by atoms with E-state index >= 15 is 0 Å². The van der Waals surface area contributed by atoms with Gasteiger partial charge in [0.15, 0.2) is 11.3 Å². The highest BCUT2D eigenvalue weighted by atomic mass is 16.5. The Labute approximate surface area is 179 Å². The third kappa shape index (κ3) is 4.16. The number of hydrogen-bond donors (Lipinski definition) is 1. The van der Waals surface area contributed by atoms with E-state index < -0.39 is 0 Å². The molecule has 0 saturated carbocycles. The van der Waals surface area contributed by atoms with Gasteiger partial charge < -0.3 is 10.1 Å². The molecule has 31 heavy (non-hydrogen) atoms. The molecular weight excluding hydrogens is 392 g/mol. The van der Waals surface area contributed by atoms with Gasteiger partial charge in [0, 0.05) is 29.4 Å². The van der Waals surface area contributed by atoms with Crippen molar-refractivity contribution in [2.75, 3.05) is 12.4 Å². The average Bonchev–Trinajstić information content (AvgIpc) is 3.23. The van der Waals surface area contributed by atoms with Crippen molar-refractivity contribution in [3.05, 3.63) is 78.4 Å². The van der Waals surface area contributed by atoms with Gasteiger partial charge in [-0.15, -0.1) is 0 Å². The van der Waals surface area contributed by atoms with Crippen LogP contribution in [0, 0.1) is 0 Å². The lowest BCUT2D eigenvalue weighted by atomic mass is 10.1. The second-order valence-corrected chi connectivity index (χ2v) is 7.05. The zero-order valence-electron chi connectivity index (χ0n) is 17.3. The minimum Gasteiger partial charge on any atom is -0.497 e. The number of methoxy groups -OCH3 is 1. The number of aromatic nitrogens is 3. The van der Waals surface area contributed by atoms with E-state index in [9.17, 15) is 9.59 Å². The Morgan fingerprint density at radius 2 is 1.87 bits per heavy atom. The maximum atomic E-state index is 13.0. The molecule has 156 valence electrons. The van der Waals surface area contributed by atoms with Crippen LogP contribution in [0.3, 0.4) is 0 Å². The Hall–Kier alpha value is -4.00. The zero-order valence-corrected chi connectivity index (χ0v) is 17.3. The van der Waals surface area contributed by atoms with Crippen LogP contribution in [0.1, 0.15) is 35.8 Å². The summed E-state index contributed by atoms with van der Waals surface area (Å²) in [5, 5.41) is 2.91. The second kappa shape index (κ2) is 8.79. The monoisotopic (exact) mass is 414 g/mol. The number of fused-ring (bicyclic) bond motifs is 1. The molecule has 0 fully saturated rings. The Bertz CT molecular complexity index is 1250. The van der Waals surface area contributed by atoms with Crippen LogP contribution in [-0.2, 0) is 4.79 Å². The molecule has 1 amide bonds. The number of carbonyl (C=O) groups is 2. The highest BCUT2D eigenvalue weighted by Crippen LogP contribution is 2.25. The van der Waals surface area contributed by atoms with Gasteiger partial charge in [-0.25, -0.2) is 9.97 Å². The highest BCUT2D eigenvalue weighted by Gasteiger charge is 2.18. The lowest BCUT2D eigenvalue weighted by molar-refractivity contribution is -0.116. The smallest absolute Gasteiger partial charge is 0.224 e. The van der Waals surface area contributed by atoms with E-state index in [1.807, 2.05) is 37.3 Å². The molecule has 7 heteroatoms. The quantitative estimate of drug-likeness (QED) is 0.454. The number of ether oxygens (including phenoxy) is 1. The van der Waals surface area contributed by atoms with Crippen molar-refractivity contribution >= 4 is 23.0 Å². The Kier molecular flexibility index (Phi) is 5.75. The average molecular weight is 414 g/mol. The summed E-state index contributed by atoms with van der Waals surface area (Å²) >= 11 is 0. The maximum Gasteiger partial charge on any atom is 0.224 e. The van der Waals surface area contributed by atoms with Crippen molar-refractivity contribution in [2.45, 2.75) is 19.8 Å². The van der Waals surface area contributed by atoms with Gasteiger partial charge >= 0.3 is 0 Å². The molecule has 2 aromatic carbocycles. The van der Waals surface area contributed by atoms with Crippen molar-refractivity contribution < 1.29 is 14.3 Å². The van der Waals surface area contributed by atoms with Crippen LogP contribution in [-0.4, -0.2) is 33.2 Å². The molecule has 0 radical (unpaired) electrons. The van der Waals surface area contributed by atoms with Gasteiger partial charge in [-0.3, -0.25) is 14.0 Å². The van der Waals surface area contributed by atoms with E-state index in [0.717, 1.165) is 23.4 Å². The summed E-state index contributed by atoms with van der Waals surface area (Å²) < 4.78 is 6.93. The molecule has 7 nitrogen and oxygen atoms in total. The fourth-order valence-electron chi connectivity index (χ4n) is 3.38. The minimum absolute atomic E-state index is 0.0190. The van der Waals surface area contributed by atoms with Crippen LogP contribution < -0.4 is 10.1 Å². The van der Waals surface area contributed by atoms with Gasteiger partial charge in [-0.1, -0.05) is 19.1 Å². The molecule has 1 N–H and O–H groups in total. The number of hydrogen-bond acceptors (Lipinski definition) is 5. The minimum atomic E-state index is -0.213. The van der Waals surface area contributed by atoms with E-state index in [1.54, 1.807) is 48.3 Å². The molecule has 0 aliphatic heterocycles. The topological polar surface area (TPSA) is 85.6 Å². The SMILES string of the molecule is CCCC(=O)Nc1cccc(-c2ccnc3c(C(=O)c4ccc(OC)cc4)ncn23)c1. The Morgan fingerprint density at radius 3 is 2.61 bits per heavy atom. The summed E-state index contributed by atoms with van der Waals surface area (Å²) in [4.78, 5) is 33.7. The number of anilines is 1. The van der Waals surface area contributed by atoms with Crippen molar-refractivity contribution in [2.24, 2.45) is 0 Å². The molecular formula is C24H22N4O3. The first-order valence-corrected chi connectivity index (χ1v) is 10.0. The molecule has 0 aliphatic rings. The van der Waals surface area contributed by atoms with Gasteiger partial charge in [0.2, 0.25) is 11.7 Å². The lowest BCUT2D eigenvalue weighted by Crippen LogP contribution is -2.10. The van der Waals surface area contributed by atoms with Gasteiger partial charge in [0.1, 0.15) is 12.1 Å². The maximum absolute atomic E-state index is 13.0. The van der Waals surface area contributed by atoms with Crippen LogP contribution in [0.4, 0.5) is 5.69 Å². The molecule has 4 aromatic rings. The number of imidazole rings is 1. The number of ketones is 1. The van der Waals surface area contributed by atoms with Crippen LogP contribution in [0.5, 0.6) is 5.75 Å². The van der Waals surface area contributed by atoms with E-state index in [1.165, 1.54) is 0 Å². The third-order valence-corrected chi connectivity index (χ3v) is 4.92. The Balaban J connectivity index is 1.69. The first-order valence-electron chi connectivity index (χ1n) is 10.0. The largest absolute Gasteiger partial charge is 0.497 e. The van der Waals surface area contributed by atoms with Crippen LogP contribution >= 0.6 is 0 Å². The summed E-state index contributed by atoms with van der Waals surface area (Å²) in [6.45, 7) is 1.97. The van der Waals surface area contributed by atoms with Crippen molar-refractivity contribution in [3.8, 4) is 17.0 Å². The number of carbonyl (C=O) groups excluding carboxylic acids is 2. The predicted octanol–water partition coefficient (Wildman–Crippen LogP) is 4.37. The van der Waals surface area contributed by atoms with E-state index in [0.29, 0.717) is 23.4 Å². The van der Waals surface area contributed by atoms with Crippen LogP contribution in [0.2, 0.25) is 0 Å². The first kappa shape index (κ1) is 20.3. The summed E-state index contributed by atoms with van der Waals surface area (Å²) in [6, 6.07) is 16.3. The fourth-order valence-corrected chi connectivity index (χ4v) is 3.38. The molecule has 0 bridgehead atoms. The molecule has 2 heterocycles. The van der Waals surface area contributed by atoms with Gasteiger partial charge in [0.05, 0.1) is 12.8 Å². The van der Waals surface area contributed by atoms with Crippen molar-refractivity contribution in [3.63, 3.8) is 0 Å². The lowest BCUT2D eigenvalue weighted by Gasteiger charge is -2.09. The molecule has 0 spiro atoms. The third-order valence-electron chi connectivity index (χ3n) is 4.92. The second-order valence-electron chi connectivity index (χ2n) is 7.05. The van der Waals surface area contributed by atoms with E-state index in [2.05, 4.69) is 15.3 Å². The van der Waals surface area contributed by atoms with Crippen LogP contribution in [0.25, 0.3) is 16.9 Å². The summed E-state index contributed by atoms with van der Waals surface area (Å²) in [6.07, 6.45) is 4.51. The molecule has 0 unspecified atom stereocenters. The van der Waals surface area contributed by atoms with Crippen LogP contribution in [0.15, 0.2) is 67.1 Å². The number of rotatable bonds is 7. The summed E-state index contributed by atoms with van der Waals surface area (Å²) in [5.74, 6) is 0.447. The number of benzene rings is 2. The molecule has 0 aliphatic carbocycles. The highest BCUT2D eigenvalue weighted by molar-refractivity contribution is 6.11. The number of nitrogens with zero attached hydrogens (tertiary/aromatic N) is 3.